The lowest BCUT2D eigenvalue weighted by Crippen LogP contribution is -2.41. The Morgan fingerprint density at radius 1 is 1.35 bits per heavy atom. The molecule has 2 saturated heterocycles. The Labute approximate surface area is 129 Å². The van der Waals surface area contributed by atoms with Crippen LogP contribution in [-0.4, -0.2) is 30.6 Å². The van der Waals surface area contributed by atoms with Crippen molar-refractivity contribution in [3.8, 4) is 6.07 Å². The first-order valence-electron chi connectivity index (χ1n) is 7.33. The summed E-state index contributed by atoms with van der Waals surface area (Å²) in [6.07, 6.45) is 5.30. The fourth-order valence-corrected chi connectivity index (χ4v) is 4.07. The predicted molar refractivity (Wildman–Crippen MR) is 84.6 cm³/mol. The first-order valence-corrected chi connectivity index (χ1v) is 8.12. The number of fused-ring (bicyclic) bond motifs is 2. The minimum atomic E-state index is 0.718. The monoisotopic (exact) mass is 333 g/mol. The van der Waals surface area contributed by atoms with E-state index in [2.05, 4.69) is 39.3 Å². The van der Waals surface area contributed by atoms with Gasteiger partial charge in [-0.2, -0.15) is 5.26 Å². The molecule has 3 rings (SSSR count). The highest BCUT2D eigenvalue weighted by Gasteiger charge is 2.38. The van der Waals surface area contributed by atoms with Gasteiger partial charge in [-0.1, -0.05) is 15.9 Å². The van der Waals surface area contributed by atoms with Crippen molar-refractivity contribution >= 4 is 21.6 Å². The predicted octanol–water partition coefficient (Wildman–Crippen LogP) is 3.61. The molecule has 0 amide bonds. The van der Waals surface area contributed by atoms with E-state index in [1.54, 1.807) is 0 Å². The number of halogens is 1. The van der Waals surface area contributed by atoms with E-state index in [-0.39, 0.29) is 0 Å². The van der Waals surface area contributed by atoms with Crippen molar-refractivity contribution in [1.82, 2.24) is 4.90 Å². The third kappa shape index (κ3) is 2.70. The number of piperidine rings is 1. The number of hydrogen-bond donors (Lipinski definition) is 1. The molecule has 2 aliphatic rings. The molecule has 0 spiro atoms. The minimum Gasteiger partial charge on any atom is -0.384 e. The van der Waals surface area contributed by atoms with Crippen molar-refractivity contribution in [2.24, 2.45) is 5.92 Å². The molecule has 20 heavy (non-hydrogen) atoms. The van der Waals surface area contributed by atoms with Crippen molar-refractivity contribution in [3.63, 3.8) is 0 Å². The van der Waals surface area contributed by atoms with E-state index >= 15 is 0 Å². The lowest BCUT2D eigenvalue weighted by molar-refractivity contribution is 0.139. The Morgan fingerprint density at radius 3 is 2.70 bits per heavy atom. The normalized spacial score (nSPS) is 29.1. The van der Waals surface area contributed by atoms with E-state index in [0.717, 1.165) is 40.3 Å². The Hall–Kier alpha value is -1.05. The van der Waals surface area contributed by atoms with Crippen LogP contribution >= 0.6 is 15.9 Å². The van der Waals surface area contributed by atoms with Crippen LogP contribution in [0.15, 0.2) is 22.7 Å². The summed E-state index contributed by atoms with van der Waals surface area (Å²) in [7, 11) is 2.27. The zero-order valence-corrected chi connectivity index (χ0v) is 13.4. The molecule has 2 heterocycles. The van der Waals surface area contributed by atoms with Gasteiger partial charge in [0.2, 0.25) is 0 Å². The Kier molecular flexibility index (Phi) is 4.00. The highest BCUT2D eigenvalue weighted by molar-refractivity contribution is 9.10. The number of rotatable bonds is 3. The van der Waals surface area contributed by atoms with Gasteiger partial charge in [-0.05, 0) is 56.8 Å². The van der Waals surface area contributed by atoms with Gasteiger partial charge in [0, 0.05) is 23.1 Å². The van der Waals surface area contributed by atoms with Crippen molar-refractivity contribution < 1.29 is 0 Å². The van der Waals surface area contributed by atoms with Crippen LogP contribution in [-0.2, 0) is 0 Å². The number of benzene rings is 1. The topological polar surface area (TPSA) is 39.1 Å². The summed E-state index contributed by atoms with van der Waals surface area (Å²) in [5.74, 6) is 0.735. The number of nitrogens with zero attached hydrogens (tertiary/aromatic N) is 2. The second kappa shape index (κ2) is 5.75. The molecule has 0 aromatic heterocycles. The zero-order valence-electron chi connectivity index (χ0n) is 11.8. The Morgan fingerprint density at radius 2 is 2.05 bits per heavy atom. The largest absolute Gasteiger partial charge is 0.384 e. The smallest absolute Gasteiger partial charge is 0.101 e. The van der Waals surface area contributed by atoms with Gasteiger partial charge in [-0.25, -0.2) is 0 Å². The summed E-state index contributed by atoms with van der Waals surface area (Å²) in [5.41, 5.74) is 1.68. The summed E-state index contributed by atoms with van der Waals surface area (Å²) in [6.45, 7) is 0.983. The molecule has 0 radical (unpaired) electrons. The maximum atomic E-state index is 9.19. The molecule has 0 saturated carbocycles. The standard InChI is InChI=1S/C16H20BrN3/c1-20-14-3-4-15(20)7-11(6-14)10-19-16-5-2-13(17)8-12(16)9-18/h2,5,8,11,14-15,19H,3-4,6-7,10H2,1H3. The lowest BCUT2D eigenvalue weighted by Gasteiger charge is -2.36. The Bertz CT molecular complexity index is 523. The van der Waals surface area contributed by atoms with Crippen molar-refractivity contribution in [3.05, 3.63) is 28.2 Å². The summed E-state index contributed by atoms with van der Waals surface area (Å²) in [5, 5.41) is 12.7. The molecule has 2 bridgehead atoms. The van der Waals surface area contributed by atoms with Crippen LogP contribution in [0.5, 0.6) is 0 Å². The van der Waals surface area contributed by atoms with Gasteiger partial charge < -0.3 is 10.2 Å². The van der Waals surface area contributed by atoms with Crippen LogP contribution in [0.3, 0.4) is 0 Å². The van der Waals surface area contributed by atoms with Crippen molar-refractivity contribution in [2.75, 3.05) is 18.9 Å². The fourth-order valence-electron chi connectivity index (χ4n) is 3.71. The van der Waals surface area contributed by atoms with E-state index in [9.17, 15) is 5.26 Å². The van der Waals surface area contributed by atoms with Gasteiger partial charge in [-0.3, -0.25) is 0 Å². The quantitative estimate of drug-likeness (QED) is 0.918. The molecule has 1 N–H and O–H groups in total. The average molecular weight is 334 g/mol. The third-order valence-corrected chi connectivity index (χ3v) is 5.37. The van der Waals surface area contributed by atoms with Crippen LogP contribution in [0.25, 0.3) is 0 Å². The molecular formula is C16H20BrN3. The molecule has 0 aliphatic carbocycles. The molecule has 106 valence electrons. The molecule has 4 heteroatoms. The number of hydrogen-bond acceptors (Lipinski definition) is 3. The van der Waals surface area contributed by atoms with Gasteiger partial charge in [0.15, 0.2) is 0 Å². The van der Waals surface area contributed by atoms with Crippen molar-refractivity contribution in [2.45, 2.75) is 37.8 Å². The summed E-state index contributed by atoms with van der Waals surface area (Å²) in [6, 6.07) is 9.67. The molecule has 2 fully saturated rings. The first kappa shape index (κ1) is 13.9. The van der Waals surface area contributed by atoms with Gasteiger partial charge in [0.05, 0.1) is 11.3 Å². The maximum Gasteiger partial charge on any atom is 0.101 e. The van der Waals surface area contributed by atoms with Gasteiger partial charge in [0.1, 0.15) is 6.07 Å². The van der Waals surface area contributed by atoms with E-state index in [1.807, 2.05) is 18.2 Å². The maximum absolute atomic E-state index is 9.19. The summed E-state index contributed by atoms with van der Waals surface area (Å²) in [4.78, 5) is 2.57. The molecule has 1 aromatic rings. The second-order valence-corrected chi connectivity index (χ2v) is 6.99. The third-order valence-electron chi connectivity index (χ3n) is 4.88. The van der Waals surface area contributed by atoms with Gasteiger partial charge in [-0.15, -0.1) is 0 Å². The highest BCUT2D eigenvalue weighted by Crippen LogP contribution is 2.37. The molecular weight excluding hydrogens is 314 g/mol. The second-order valence-electron chi connectivity index (χ2n) is 6.07. The molecule has 2 aliphatic heterocycles. The summed E-state index contributed by atoms with van der Waals surface area (Å²) < 4.78 is 0.955. The van der Waals surface area contributed by atoms with Crippen LogP contribution in [0.1, 0.15) is 31.2 Å². The zero-order chi connectivity index (χ0) is 14.1. The summed E-state index contributed by atoms with van der Waals surface area (Å²) >= 11 is 3.41. The van der Waals surface area contributed by atoms with E-state index in [4.69, 9.17) is 0 Å². The van der Waals surface area contributed by atoms with E-state index in [0.29, 0.717) is 0 Å². The fraction of sp³-hybridized carbons (Fsp3) is 0.562. The average Bonchev–Trinajstić information content (AvgIpc) is 2.67. The van der Waals surface area contributed by atoms with Crippen LogP contribution < -0.4 is 5.32 Å². The first-order chi connectivity index (χ1) is 9.67. The van der Waals surface area contributed by atoms with Gasteiger partial charge >= 0.3 is 0 Å². The van der Waals surface area contributed by atoms with Crippen molar-refractivity contribution in [1.29, 1.82) is 5.26 Å². The lowest BCUT2D eigenvalue weighted by atomic mass is 9.91. The number of nitriles is 1. The highest BCUT2D eigenvalue weighted by atomic mass is 79.9. The molecule has 3 nitrogen and oxygen atoms in total. The molecule has 2 atom stereocenters. The minimum absolute atomic E-state index is 0.718. The van der Waals surface area contributed by atoms with Gasteiger partial charge in [0.25, 0.3) is 0 Å². The van der Waals surface area contributed by atoms with Crippen LogP contribution in [0.2, 0.25) is 0 Å². The number of anilines is 1. The van der Waals surface area contributed by atoms with Crippen LogP contribution in [0.4, 0.5) is 5.69 Å². The van der Waals surface area contributed by atoms with Crippen LogP contribution in [0, 0.1) is 17.2 Å². The molecule has 1 aromatic carbocycles. The SMILES string of the molecule is CN1C2CCC1CC(CNc1ccc(Br)cc1C#N)C2. The van der Waals surface area contributed by atoms with E-state index < -0.39 is 0 Å². The number of nitrogens with one attached hydrogen (secondary N) is 1. The Balaban J connectivity index is 1.62. The molecule has 2 unspecified atom stereocenters. The van der Waals surface area contributed by atoms with E-state index in [1.165, 1.54) is 25.7 Å².